The molecule has 0 aliphatic carbocycles. The average molecular weight is 344 g/mol. The number of epoxide rings is 2. The second-order valence-corrected chi connectivity index (χ2v) is 5.87. The molecule has 2 aromatic rings. The highest BCUT2D eigenvalue weighted by molar-refractivity contribution is 6.09. The Morgan fingerprint density at radius 2 is 1.20 bits per heavy atom. The van der Waals surface area contributed by atoms with E-state index in [2.05, 4.69) is 0 Å². The van der Waals surface area contributed by atoms with Gasteiger partial charge in [0.05, 0.1) is 26.4 Å². The minimum Gasteiger partial charge on any atom is -0.508 e. The Morgan fingerprint density at radius 3 is 1.52 bits per heavy atom. The number of aromatic hydroxyl groups is 2. The number of carbonyl (C=O) groups excluding carboxylic acids is 1. The highest BCUT2D eigenvalue weighted by atomic mass is 16.6. The fraction of sp³-hybridized carbons (Fsp3) is 0.316. The zero-order valence-corrected chi connectivity index (χ0v) is 13.6. The minimum atomic E-state index is -0.139. The first-order valence-electron chi connectivity index (χ1n) is 8.05. The Bertz CT molecular complexity index is 627. The number of phenolic OH excluding ortho intramolecular Hbond substituents is 2. The number of ether oxygens (including phenoxy) is 3. The first-order chi connectivity index (χ1) is 12.1. The van der Waals surface area contributed by atoms with Crippen molar-refractivity contribution in [2.24, 2.45) is 0 Å². The second kappa shape index (κ2) is 8.11. The summed E-state index contributed by atoms with van der Waals surface area (Å²) in [5, 5.41) is 18.2. The van der Waals surface area contributed by atoms with Crippen LogP contribution in [0.15, 0.2) is 48.5 Å². The fourth-order valence-corrected chi connectivity index (χ4v) is 2.05. The van der Waals surface area contributed by atoms with Crippen LogP contribution >= 0.6 is 0 Å². The zero-order valence-electron chi connectivity index (χ0n) is 13.6. The summed E-state index contributed by atoms with van der Waals surface area (Å²) in [7, 11) is 0. The van der Waals surface area contributed by atoms with E-state index < -0.39 is 0 Å². The predicted molar refractivity (Wildman–Crippen MR) is 89.9 cm³/mol. The molecular weight excluding hydrogens is 324 g/mol. The number of ketones is 1. The van der Waals surface area contributed by atoms with Crippen LogP contribution in [0.3, 0.4) is 0 Å². The van der Waals surface area contributed by atoms with Gasteiger partial charge in [-0.2, -0.15) is 0 Å². The van der Waals surface area contributed by atoms with Crippen molar-refractivity contribution in [2.45, 2.75) is 12.2 Å². The number of rotatable bonds is 6. The second-order valence-electron chi connectivity index (χ2n) is 5.87. The number of phenols is 2. The summed E-state index contributed by atoms with van der Waals surface area (Å²) in [5.74, 6) is 0.115. The monoisotopic (exact) mass is 344 g/mol. The third kappa shape index (κ3) is 5.86. The van der Waals surface area contributed by atoms with Gasteiger partial charge in [-0.15, -0.1) is 0 Å². The third-order valence-corrected chi connectivity index (χ3v) is 3.67. The third-order valence-electron chi connectivity index (χ3n) is 3.67. The first kappa shape index (κ1) is 17.4. The average Bonchev–Trinajstić information content (AvgIpc) is 3.52. The van der Waals surface area contributed by atoms with Crippen molar-refractivity contribution >= 4 is 5.78 Å². The Morgan fingerprint density at radius 1 is 0.840 bits per heavy atom. The minimum absolute atomic E-state index is 0.127. The van der Waals surface area contributed by atoms with Crippen LogP contribution in [0.5, 0.6) is 11.5 Å². The highest BCUT2D eigenvalue weighted by Gasteiger charge is 2.26. The molecule has 6 nitrogen and oxygen atoms in total. The zero-order chi connectivity index (χ0) is 17.6. The van der Waals surface area contributed by atoms with E-state index in [0.717, 1.165) is 26.4 Å². The molecule has 2 aromatic carbocycles. The maximum Gasteiger partial charge on any atom is 0.193 e. The van der Waals surface area contributed by atoms with Gasteiger partial charge in [0.2, 0.25) is 0 Å². The quantitative estimate of drug-likeness (QED) is 0.616. The topological polar surface area (TPSA) is 91.8 Å². The molecule has 2 unspecified atom stereocenters. The molecule has 0 radical (unpaired) electrons. The van der Waals surface area contributed by atoms with Crippen LogP contribution in [-0.2, 0) is 14.2 Å². The Hall–Kier alpha value is -2.41. The maximum atomic E-state index is 11.9. The van der Waals surface area contributed by atoms with E-state index in [4.69, 9.17) is 24.4 Å². The molecule has 2 aliphatic rings. The SMILES string of the molecule is C(OCC1CO1)C1CO1.O=C(c1ccc(O)cc1)c1ccc(O)cc1. The summed E-state index contributed by atoms with van der Waals surface area (Å²) in [6.45, 7) is 3.26. The van der Waals surface area contributed by atoms with Crippen LogP contribution in [0, 0.1) is 0 Å². The standard InChI is InChI=1S/C13H10O3.C6H10O3/c14-11-5-1-9(2-6-11)13(16)10-3-7-12(15)8-4-10;1(5-3-8-5)7-2-6-4-9-6/h1-8,14-15H;5-6H,1-4H2. The molecule has 2 fully saturated rings. The lowest BCUT2D eigenvalue weighted by Gasteiger charge is -2.01. The van der Waals surface area contributed by atoms with Gasteiger partial charge in [-0.3, -0.25) is 4.79 Å². The van der Waals surface area contributed by atoms with Gasteiger partial charge in [-0.1, -0.05) is 0 Å². The molecule has 0 spiro atoms. The lowest BCUT2D eigenvalue weighted by molar-refractivity contribution is 0.102. The van der Waals surface area contributed by atoms with E-state index >= 15 is 0 Å². The van der Waals surface area contributed by atoms with Gasteiger partial charge in [0.1, 0.15) is 23.7 Å². The van der Waals surface area contributed by atoms with Crippen molar-refractivity contribution < 1.29 is 29.2 Å². The van der Waals surface area contributed by atoms with E-state index in [1.54, 1.807) is 24.3 Å². The number of carbonyl (C=O) groups is 1. The number of hydrogen-bond acceptors (Lipinski definition) is 6. The Balaban J connectivity index is 0.000000170. The number of hydrogen-bond donors (Lipinski definition) is 2. The van der Waals surface area contributed by atoms with E-state index in [1.807, 2.05) is 0 Å². The smallest absolute Gasteiger partial charge is 0.193 e. The van der Waals surface area contributed by atoms with Gasteiger partial charge in [-0.05, 0) is 48.5 Å². The fourth-order valence-electron chi connectivity index (χ4n) is 2.05. The van der Waals surface area contributed by atoms with Crippen LogP contribution in [0.25, 0.3) is 0 Å². The number of benzene rings is 2. The summed E-state index contributed by atoms with van der Waals surface area (Å²) in [4.78, 5) is 11.9. The molecule has 2 atom stereocenters. The van der Waals surface area contributed by atoms with E-state index in [1.165, 1.54) is 24.3 Å². The molecule has 2 aliphatic heterocycles. The van der Waals surface area contributed by atoms with Gasteiger partial charge < -0.3 is 24.4 Å². The van der Waals surface area contributed by atoms with Gasteiger partial charge in [0.15, 0.2) is 5.78 Å². The summed E-state index contributed by atoms with van der Waals surface area (Å²) < 4.78 is 15.1. The van der Waals surface area contributed by atoms with Crippen LogP contribution < -0.4 is 0 Å². The predicted octanol–water partition coefficient (Wildman–Crippen LogP) is 2.13. The summed E-state index contributed by atoms with van der Waals surface area (Å²) in [6, 6.07) is 12.1. The molecule has 6 heteroatoms. The Kier molecular flexibility index (Phi) is 5.65. The summed E-state index contributed by atoms with van der Waals surface area (Å²) >= 11 is 0. The van der Waals surface area contributed by atoms with Gasteiger partial charge in [0, 0.05) is 11.1 Å². The highest BCUT2D eigenvalue weighted by Crippen LogP contribution is 2.16. The van der Waals surface area contributed by atoms with Crippen LogP contribution in [-0.4, -0.2) is 54.6 Å². The van der Waals surface area contributed by atoms with Crippen molar-refractivity contribution in [3.8, 4) is 11.5 Å². The largest absolute Gasteiger partial charge is 0.508 e. The maximum absolute atomic E-state index is 11.9. The molecule has 0 aromatic heterocycles. The van der Waals surface area contributed by atoms with Crippen molar-refractivity contribution in [2.75, 3.05) is 26.4 Å². The lowest BCUT2D eigenvalue weighted by atomic mass is 10.0. The molecule has 132 valence electrons. The van der Waals surface area contributed by atoms with Gasteiger partial charge in [-0.25, -0.2) is 0 Å². The molecule has 25 heavy (non-hydrogen) atoms. The summed E-state index contributed by atoms with van der Waals surface area (Å²) in [5.41, 5.74) is 1.01. The molecule has 2 N–H and O–H groups in total. The molecule has 0 saturated carbocycles. The van der Waals surface area contributed by atoms with Crippen LogP contribution in [0.2, 0.25) is 0 Å². The summed E-state index contributed by atoms with van der Waals surface area (Å²) in [6.07, 6.45) is 0.785. The van der Waals surface area contributed by atoms with E-state index in [0.29, 0.717) is 23.3 Å². The Labute approximate surface area is 145 Å². The van der Waals surface area contributed by atoms with Crippen molar-refractivity contribution in [1.29, 1.82) is 0 Å². The molecular formula is C19H20O6. The molecule has 4 rings (SSSR count). The van der Waals surface area contributed by atoms with Crippen LogP contribution in [0.1, 0.15) is 15.9 Å². The van der Waals surface area contributed by atoms with E-state index in [-0.39, 0.29) is 17.3 Å². The normalized spacial score (nSPS) is 20.3. The van der Waals surface area contributed by atoms with Crippen molar-refractivity contribution in [3.63, 3.8) is 0 Å². The first-order valence-corrected chi connectivity index (χ1v) is 8.05. The molecule has 2 heterocycles. The molecule has 0 amide bonds. The van der Waals surface area contributed by atoms with Gasteiger partial charge >= 0.3 is 0 Å². The van der Waals surface area contributed by atoms with E-state index in [9.17, 15) is 4.79 Å². The molecule has 2 saturated heterocycles. The molecule has 0 bridgehead atoms. The van der Waals surface area contributed by atoms with Gasteiger partial charge in [0.25, 0.3) is 0 Å². The van der Waals surface area contributed by atoms with Crippen molar-refractivity contribution in [3.05, 3.63) is 59.7 Å². The van der Waals surface area contributed by atoms with Crippen LogP contribution in [0.4, 0.5) is 0 Å². The lowest BCUT2D eigenvalue weighted by Crippen LogP contribution is -2.06. The van der Waals surface area contributed by atoms with Crippen molar-refractivity contribution in [1.82, 2.24) is 0 Å².